The highest BCUT2D eigenvalue weighted by Gasteiger charge is 2.10. The van der Waals surface area contributed by atoms with Gasteiger partial charge in [0.15, 0.2) is 4.90 Å². The van der Waals surface area contributed by atoms with Crippen molar-refractivity contribution in [2.45, 2.75) is 4.90 Å². The van der Waals surface area contributed by atoms with E-state index in [1.807, 2.05) is 18.2 Å². The number of rotatable bonds is 1. The molecule has 0 radical (unpaired) electrons. The molecular weight excluding hydrogens is 142 g/mol. The molecule has 0 bridgehead atoms. The Morgan fingerprint density at radius 1 is 1.20 bits per heavy atom. The minimum Gasteiger partial charge on any atom is -0.395 e. The van der Waals surface area contributed by atoms with E-state index < -0.39 is 0 Å². The molecule has 0 aliphatic heterocycles. The van der Waals surface area contributed by atoms with E-state index in [0.29, 0.717) is 0 Å². The summed E-state index contributed by atoms with van der Waals surface area (Å²) in [5, 5.41) is 0. The van der Waals surface area contributed by atoms with E-state index in [-0.39, 0.29) is 10.9 Å². The van der Waals surface area contributed by atoms with Crippen LogP contribution in [-0.4, -0.2) is 12.5 Å². The van der Waals surface area contributed by atoms with Crippen LogP contribution in [0.25, 0.3) is 0 Å². The maximum atomic E-state index is 5.73. The van der Waals surface area contributed by atoms with Crippen LogP contribution in [0, 0.1) is 0 Å². The van der Waals surface area contributed by atoms with Gasteiger partial charge in [-0.1, -0.05) is 12.1 Å². The Morgan fingerprint density at radius 3 is 2.20 bits per heavy atom. The lowest BCUT2D eigenvalue weighted by molar-refractivity contribution is 1.45. The quantitative estimate of drug-likeness (QED) is 0.481. The Balaban J connectivity index is 3.03. The van der Waals surface area contributed by atoms with Crippen molar-refractivity contribution in [1.29, 1.82) is 0 Å². The standard InChI is InChI=1S/C8H12NS/c1-10(2)8-6-4-3-5-7(8)9/h3-6H,9H2,1-2H3/q+1. The minimum absolute atomic E-state index is 0.284. The summed E-state index contributed by atoms with van der Waals surface area (Å²) < 4.78 is 0. The maximum Gasteiger partial charge on any atom is 0.177 e. The molecule has 1 rings (SSSR count). The Bertz CT molecular complexity index is 220. The highest BCUT2D eigenvalue weighted by atomic mass is 32.2. The molecule has 0 amide bonds. The van der Waals surface area contributed by atoms with Gasteiger partial charge in [-0.15, -0.1) is 0 Å². The molecule has 0 aliphatic carbocycles. The molecule has 0 saturated carbocycles. The summed E-state index contributed by atoms with van der Waals surface area (Å²) in [5.74, 6) is 0. The third-order valence-electron chi connectivity index (χ3n) is 1.36. The lowest BCUT2D eigenvalue weighted by Crippen LogP contribution is -2.00. The van der Waals surface area contributed by atoms with E-state index in [9.17, 15) is 0 Å². The minimum atomic E-state index is 0.284. The molecule has 1 aromatic rings. The molecule has 0 saturated heterocycles. The fraction of sp³-hybridized carbons (Fsp3) is 0.250. The molecular formula is C8H12NS+. The Hall–Kier alpha value is -0.630. The topological polar surface area (TPSA) is 26.0 Å². The van der Waals surface area contributed by atoms with Gasteiger partial charge in [0.25, 0.3) is 0 Å². The van der Waals surface area contributed by atoms with Gasteiger partial charge in [0.05, 0.1) is 5.69 Å². The lowest BCUT2D eigenvalue weighted by Gasteiger charge is -1.98. The van der Waals surface area contributed by atoms with Crippen LogP contribution in [0.2, 0.25) is 0 Å². The second-order valence-electron chi connectivity index (χ2n) is 2.35. The van der Waals surface area contributed by atoms with Gasteiger partial charge in [0.1, 0.15) is 12.5 Å². The number of benzene rings is 1. The number of hydrogen-bond acceptors (Lipinski definition) is 1. The van der Waals surface area contributed by atoms with Crippen LogP contribution in [0.1, 0.15) is 0 Å². The maximum absolute atomic E-state index is 5.73. The van der Waals surface area contributed by atoms with E-state index >= 15 is 0 Å². The van der Waals surface area contributed by atoms with Crippen molar-refractivity contribution in [3.63, 3.8) is 0 Å². The molecule has 1 nitrogen and oxygen atoms in total. The largest absolute Gasteiger partial charge is 0.395 e. The van der Waals surface area contributed by atoms with Crippen molar-refractivity contribution in [1.82, 2.24) is 0 Å². The highest BCUT2D eigenvalue weighted by Crippen LogP contribution is 2.16. The molecule has 0 spiro atoms. The molecule has 10 heavy (non-hydrogen) atoms. The van der Waals surface area contributed by atoms with Gasteiger partial charge in [-0.25, -0.2) is 0 Å². The summed E-state index contributed by atoms with van der Waals surface area (Å²) in [5.41, 5.74) is 6.64. The second kappa shape index (κ2) is 2.97. The zero-order valence-corrected chi connectivity index (χ0v) is 7.11. The van der Waals surface area contributed by atoms with E-state index in [2.05, 4.69) is 18.6 Å². The van der Waals surface area contributed by atoms with Gasteiger partial charge in [-0.05, 0) is 12.1 Å². The average molecular weight is 154 g/mol. The predicted octanol–water partition coefficient (Wildman–Crippen LogP) is 1.51. The molecule has 0 aromatic heterocycles. The monoisotopic (exact) mass is 154 g/mol. The first-order valence-electron chi connectivity index (χ1n) is 3.14. The van der Waals surface area contributed by atoms with E-state index in [0.717, 1.165) is 5.69 Å². The van der Waals surface area contributed by atoms with Crippen LogP contribution in [0.5, 0.6) is 0 Å². The third-order valence-corrected chi connectivity index (χ3v) is 2.61. The summed E-state index contributed by atoms with van der Waals surface area (Å²) in [7, 11) is 0.284. The van der Waals surface area contributed by atoms with Gasteiger partial charge in [0, 0.05) is 10.9 Å². The summed E-state index contributed by atoms with van der Waals surface area (Å²) in [6.45, 7) is 0. The molecule has 0 fully saturated rings. The lowest BCUT2D eigenvalue weighted by atomic mass is 10.3. The molecule has 0 unspecified atom stereocenters. The molecule has 0 aliphatic rings. The average Bonchev–Trinajstić information content (AvgIpc) is 1.88. The Morgan fingerprint density at radius 2 is 1.80 bits per heavy atom. The number of nitrogens with two attached hydrogens (primary N) is 1. The van der Waals surface area contributed by atoms with E-state index in [4.69, 9.17) is 5.73 Å². The fourth-order valence-corrected chi connectivity index (χ4v) is 1.74. The summed E-state index contributed by atoms with van der Waals surface area (Å²) in [4.78, 5) is 1.27. The van der Waals surface area contributed by atoms with Crippen LogP contribution in [0.3, 0.4) is 0 Å². The molecule has 1 aromatic carbocycles. The van der Waals surface area contributed by atoms with Gasteiger partial charge in [0.2, 0.25) is 0 Å². The number of anilines is 1. The smallest absolute Gasteiger partial charge is 0.177 e. The van der Waals surface area contributed by atoms with Gasteiger partial charge in [-0.3, -0.25) is 0 Å². The van der Waals surface area contributed by atoms with Crippen molar-refractivity contribution in [3.8, 4) is 0 Å². The first-order chi connectivity index (χ1) is 4.72. The van der Waals surface area contributed by atoms with Crippen molar-refractivity contribution < 1.29 is 0 Å². The van der Waals surface area contributed by atoms with Gasteiger partial charge >= 0.3 is 0 Å². The summed E-state index contributed by atoms with van der Waals surface area (Å²) in [6.07, 6.45) is 4.34. The normalized spacial score (nSPS) is 10.3. The van der Waals surface area contributed by atoms with Crippen LogP contribution in [0.15, 0.2) is 29.2 Å². The Kier molecular flexibility index (Phi) is 2.22. The van der Waals surface area contributed by atoms with Crippen LogP contribution < -0.4 is 5.73 Å². The molecule has 2 N–H and O–H groups in total. The van der Waals surface area contributed by atoms with Crippen molar-refractivity contribution >= 4 is 16.6 Å². The van der Waals surface area contributed by atoms with Crippen LogP contribution >= 0.6 is 0 Å². The van der Waals surface area contributed by atoms with Crippen molar-refractivity contribution in [2.75, 3.05) is 18.2 Å². The van der Waals surface area contributed by atoms with Crippen LogP contribution in [0.4, 0.5) is 5.69 Å². The second-order valence-corrected chi connectivity index (χ2v) is 4.43. The first-order valence-corrected chi connectivity index (χ1v) is 5.18. The fourth-order valence-electron chi connectivity index (χ4n) is 0.852. The number of hydrogen-bond donors (Lipinski definition) is 1. The molecule has 2 heteroatoms. The van der Waals surface area contributed by atoms with Crippen molar-refractivity contribution in [3.05, 3.63) is 24.3 Å². The number of nitrogen functional groups attached to an aromatic ring is 1. The van der Waals surface area contributed by atoms with Crippen LogP contribution in [-0.2, 0) is 10.9 Å². The number of para-hydroxylation sites is 1. The highest BCUT2D eigenvalue weighted by molar-refractivity contribution is 7.95. The van der Waals surface area contributed by atoms with E-state index in [1.54, 1.807) is 0 Å². The van der Waals surface area contributed by atoms with Gasteiger partial charge in [-0.2, -0.15) is 0 Å². The Labute approximate surface area is 64.6 Å². The first kappa shape index (κ1) is 7.48. The molecule has 0 heterocycles. The van der Waals surface area contributed by atoms with Crippen molar-refractivity contribution in [2.24, 2.45) is 0 Å². The summed E-state index contributed by atoms with van der Waals surface area (Å²) in [6, 6.07) is 8.02. The zero-order valence-electron chi connectivity index (χ0n) is 6.29. The molecule has 54 valence electrons. The van der Waals surface area contributed by atoms with Gasteiger partial charge < -0.3 is 5.73 Å². The third kappa shape index (κ3) is 1.45. The predicted molar refractivity (Wildman–Crippen MR) is 48.3 cm³/mol. The molecule has 0 atom stereocenters. The van der Waals surface area contributed by atoms with E-state index in [1.165, 1.54) is 4.90 Å². The zero-order chi connectivity index (χ0) is 7.56. The summed E-state index contributed by atoms with van der Waals surface area (Å²) >= 11 is 0. The SMILES string of the molecule is C[S+](C)c1ccccc1N.